The first kappa shape index (κ1) is 36.6. The summed E-state index contributed by atoms with van der Waals surface area (Å²) in [7, 11) is 3.93. The Morgan fingerprint density at radius 1 is 1.07 bits per heavy atom. The van der Waals surface area contributed by atoms with Gasteiger partial charge in [-0.15, -0.1) is 0 Å². The molecule has 0 saturated heterocycles. The van der Waals surface area contributed by atoms with Gasteiger partial charge in [-0.25, -0.2) is 0 Å². The van der Waals surface area contributed by atoms with Gasteiger partial charge in [-0.1, -0.05) is 35.9 Å². The van der Waals surface area contributed by atoms with Crippen LogP contribution in [-0.2, 0) is 16.0 Å². The molecule has 2 aromatic rings. The molecule has 5 N–H and O–H groups in total. The smallest absolute Gasteiger partial charge is 0.167 e. The predicted molar refractivity (Wildman–Crippen MR) is 179 cm³/mol. The number of rotatable bonds is 11. The van der Waals surface area contributed by atoms with Crippen molar-refractivity contribution in [1.29, 1.82) is 0 Å². The zero-order valence-corrected chi connectivity index (χ0v) is 26.7. The van der Waals surface area contributed by atoms with Crippen LogP contribution in [-0.4, -0.2) is 65.5 Å². The molecule has 0 aromatic heterocycles. The summed E-state index contributed by atoms with van der Waals surface area (Å²) in [5, 5.41) is 30.4. The van der Waals surface area contributed by atoms with Crippen LogP contribution in [0, 0.1) is 24.7 Å². The molecule has 0 fully saturated rings. The summed E-state index contributed by atoms with van der Waals surface area (Å²) in [5.74, 6) is -1.97. The zero-order chi connectivity index (χ0) is 31.7. The molecule has 0 radical (unpaired) electrons. The van der Waals surface area contributed by atoms with E-state index in [0.717, 1.165) is 28.8 Å². The van der Waals surface area contributed by atoms with Gasteiger partial charge >= 0.3 is 0 Å². The van der Waals surface area contributed by atoms with E-state index >= 15 is 0 Å². The lowest BCUT2D eigenvalue weighted by Crippen LogP contribution is -2.32. The molecule has 0 heterocycles. The summed E-state index contributed by atoms with van der Waals surface area (Å²) in [6, 6.07) is 9.94. The molecule has 0 amide bonds. The van der Waals surface area contributed by atoms with Crippen molar-refractivity contribution in [3.63, 3.8) is 0 Å². The Labute approximate surface area is 264 Å². The average Bonchev–Trinajstić information content (AvgIpc) is 2.95. The monoisotopic (exact) mass is 611 g/mol. The van der Waals surface area contributed by atoms with Gasteiger partial charge < -0.3 is 25.7 Å². The van der Waals surface area contributed by atoms with Gasteiger partial charge in [-0.3, -0.25) is 14.4 Å². The lowest BCUT2D eigenvalue weighted by molar-refractivity contribution is -0.131. The third-order valence-electron chi connectivity index (χ3n) is 8.49. The molecule has 3 atom stereocenters. The van der Waals surface area contributed by atoms with Crippen molar-refractivity contribution < 1.29 is 38.0 Å². The molecule has 44 heavy (non-hydrogen) atoms. The van der Waals surface area contributed by atoms with E-state index in [9.17, 15) is 29.7 Å². The minimum atomic E-state index is -0.762. The molecule has 2 aromatic carbocycles. The van der Waals surface area contributed by atoms with E-state index in [1.807, 2.05) is 49.3 Å². The Balaban J connectivity index is 0.00000179. The van der Waals surface area contributed by atoms with Gasteiger partial charge in [0.25, 0.3) is 0 Å². The highest BCUT2D eigenvalue weighted by Crippen LogP contribution is 2.43. The topological polar surface area (TPSA) is 147 Å². The standard InChI is InChI=1S/C29H37NO6.C7H10.H2O.2H2/c1-17-11-23(20-5-7-22(8-6-20)30(3)4)24-14-19(15-27(35)28(24)29(17)36)13-21(9-10-31)25(16-32)26(34)12-18(2)33;1-7-5-3-2-4-6-7;;;/h5-8,11,19,21,25,31-32,36H,9-10,12-16H2,1-4H3;2-3,6H,4-5H2,1H3;1H2;2*1H. The van der Waals surface area contributed by atoms with Crippen molar-refractivity contribution in [3.8, 4) is 16.9 Å². The molecular weight excluding hydrogens is 558 g/mol. The van der Waals surface area contributed by atoms with Crippen molar-refractivity contribution >= 4 is 23.0 Å². The van der Waals surface area contributed by atoms with Crippen LogP contribution in [0.15, 0.2) is 54.1 Å². The number of carbonyl (C=O) groups is 3. The van der Waals surface area contributed by atoms with Gasteiger partial charge in [-0.05, 0) is 105 Å². The molecule has 0 saturated carbocycles. The highest BCUT2D eigenvalue weighted by molar-refractivity contribution is 6.03. The number of anilines is 1. The lowest BCUT2D eigenvalue weighted by Gasteiger charge is -2.32. The van der Waals surface area contributed by atoms with Crippen LogP contribution in [0.2, 0.25) is 0 Å². The van der Waals surface area contributed by atoms with E-state index in [1.165, 1.54) is 18.9 Å². The predicted octanol–water partition coefficient (Wildman–Crippen LogP) is 5.67. The van der Waals surface area contributed by atoms with E-state index in [-0.39, 0.29) is 62.7 Å². The van der Waals surface area contributed by atoms with Crippen LogP contribution >= 0.6 is 0 Å². The molecule has 0 bridgehead atoms. The number of phenolic OH excluding ortho intramolecular Hbond substituents is 1. The van der Waals surface area contributed by atoms with Gasteiger partial charge in [0.15, 0.2) is 5.78 Å². The van der Waals surface area contributed by atoms with Crippen molar-refractivity contribution in [1.82, 2.24) is 0 Å². The highest BCUT2D eigenvalue weighted by atomic mass is 16.3. The van der Waals surface area contributed by atoms with Crippen molar-refractivity contribution in [3.05, 3.63) is 70.8 Å². The third kappa shape index (κ3) is 9.45. The number of hydrogen-bond donors (Lipinski definition) is 3. The summed E-state index contributed by atoms with van der Waals surface area (Å²) in [6.07, 6.45) is 10.2. The quantitative estimate of drug-likeness (QED) is 0.219. The Kier molecular flexibility index (Phi) is 14.2. The summed E-state index contributed by atoms with van der Waals surface area (Å²) in [6.45, 7) is 4.73. The number of benzene rings is 2. The number of hydrogen-bond acceptors (Lipinski definition) is 7. The molecule has 3 unspecified atom stereocenters. The fraction of sp³-hybridized carbons (Fsp3) is 0.472. The number of aliphatic hydroxyl groups excluding tert-OH is 2. The summed E-state index contributed by atoms with van der Waals surface area (Å²) in [4.78, 5) is 39.4. The van der Waals surface area contributed by atoms with E-state index in [1.54, 1.807) is 6.92 Å². The fourth-order valence-corrected chi connectivity index (χ4v) is 6.13. The Bertz CT molecular complexity index is 1370. The van der Waals surface area contributed by atoms with Crippen LogP contribution in [0.5, 0.6) is 5.75 Å². The molecule has 2 aliphatic carbocycles. The minimum absolute atomic E-state index is 0. The third-order valence-corrected chi connectivity index (χ3v) is 8.49. The largest absolute Gasteiger partial charge is 0.507 e. The first-order valence-corrected chi connectivity index (χ1v) is 15.2. The Morgan fingerprint density at radius 3 is 2.25 bits per heavy atom. The molecule has 8 heteroatoms. The average molecular weight is 612 g/mol. The number of ketones is 3. The SMILES string of the molecule is CC(=O)CC(=O)C(CO)C(CCO)CC1CC(=O)c2c(O)c(C)cc(-c3ccc(N(C)C)cc3)c2C1.CC1=CCC=CC1.O.[HH].[HH]. The van der Waals surface area contributed by atoms with Crippen molar-refractivity contribution in [2.24, 2.45) is 17.8 Å². The second-order valence-electron chi connectivity index (χ2n) is 12.2. The first-order chi connectivity index (χ1) is 20.5. The van der Waals surface area contributed by atoms with E-state index in [2.05, 4.69) is 25.2 Å². The van der Waals surface area contributed by atoms with Crippen LogP contribution in [0.25, 0.3) is 11.1 Å². The van der Waals surface area contributed by atoms with Crippen molar-refractivity contribution in [2.45, 2.75) is 65.7 Å². The van der Waals surface area contributed by atoms with Gasteiger partial charge in [0.1, 0.15) is 17.3 Å². The van der Waals surface area contributed by atoms with Crippen LogP contribution in [0.4, 0.5) is 5.69 Å². The minimum Gasteiger partial charge on any atom is -0.507 e. The Hall–Kier alpha value is -3.59. The van der Waals surface area contributed by atoms with Crippen LogP contribution in [0.3, 0.4) is 0 Å². The lowest BCUT2D eigenvalue weighted by atomic mass is 9.72. The maximum absolute atomic E-state index is 13.3. The molecule has 0 aliphatic heterocycles. The Morgan fingerprint density at radius 2 is 1.75 bits per heavy atom. The summed E-state index contributed by atoms with van der Waals surface area (Å²) < 4.78 is 0. The first-order valence-electron chi connectivity index (χ1n) is 15.2. The molecule has 8 nitrogen and oxygen atoms in total. The number of fused-ring (bicyclic) bond motifs is 1. The van der Waals surface area contributed by atoms with Crippen LogP contribution in [0.1, 0.15) is 76.7 Å². The van der Waals surface area contributed by atoms with Gasteiger partial charge in [0.2, 0.25) is 0 Å². The molecule has 244 valence electrons. The second kappa shape index (κ2) is 17.0. The normalized spacial score (nSPS) is 16.8. The van der Waals surface area contributed by atoms with Crippen molar-refractivity contribution in [2.75, 3.05) is 32.2 Å². The number of nitrogens with zero attached hydrogens (tertiary/aromatic N) is 1. The van der Waals surface area contributed by atoms with Gasteiger partial charge in [-0.2, -0.15) is 0 Å². The zero-order valence-electron chi connectivity index (χ0n) is 26.7. The number of phenols is 1. The van der Waals surface area contributed by atoms with Gasteiger partial charge in [0, 0.05) is 41.6 Å². The summed E-state index contributed by atoms with van der Waals surface area (Å²) in [5.41, 5.74) is 6.19. The summed E-state index contributed by atoms with van der Waals surface area (Å²) >= 11 is 0. The number of Topliss-reactive ketones (excluding diaryl/α,β-unsaturated/α-hetero) is 3. The number of carbonyl (C=O) groups excluding carboxylic acids is 3. The van der Waals surface area contributed by atoms with Gasteiger partial charge in [0.05, 0.1) is 18.6 Å². The number of aromatic hydroxyl groups is 1. The molecule has 4 rings (SSSR count). The van der Waals surface area contributed by atoms with E-state index in [4.69, 9.17) is 0 Å². The number of allylic oxidation sites excluding steroid dienone is 4. The maximum Gasteiger partial charge on any atom is 0.167 e. The number of aliphatic hydroxyl groups is 2. The highest BCUT2D eigenvalue weighted by Gasteiger charge is 2.35. The van der Waals surface area contributed by atoms with E-state index in [0.29, 0.717) is 30.4 Å². The molecule has 2 aliphatic rings. The van der Waals surface area contributed by atoms with Crippen LogP contribution < -0.4 is 4.90 Å². The second-order valence-corrected chi connectivity index (χ2v) is 12.2. The molecular formula is C36H53NO7. The maximum atomic E-state index is 13.3. The van der Waals surface area contributed by atoms with E-state index < -0.39 is 12.5 Å². The number of aryl methyl sites for hydroxylation is 1. The fourth-order valence-electron chi connectivity index (χ4n) is 6.13. The molecule has 0 spiro atoms.